The minimum absolute atomic E-state index is 0.112. The molecule has 0 bridgehead atoms. The van der Waals surface area contributed by atoms with Gasteiger partial charge in [-0.3, -0.25) is 4.57 Å². The van der Waals surface area contributed by atoms with Gasteiger partial charge in [-0.1, -0.05) is 79.7 Å². The summed E-state index contributed by atoms with van der Waals surface area (Å²) in [6.45, 7) is 3.52. The van der Waals surface area contributed by atoms with Crippen LogP contribution in [0.4, 0.5) is 5.95 Å². The van der Waals surface area contributed by atoms with Gasteiger partial charge in [-0.2, -0.15) is 4.98 Å². The van der Waals surface area contributed by atoms with E-state index in [2.05, 4.69) is 121 Å². The lowest BCUT2D eigenvalue weighted by Crippen LogP contribution is -2.28. The molecule has 0 aliphatic carbocycles. The second-order valence-electron chi connectivity index (χ2n) is 10.6. The molecule has 10 heteroatoms. The number of benzene rings is 3. The Labute approximate surface area is 258 Å². The molecule has 0 saturated carbocycles. The lowest BCUT2D eigenvalue weighted by atomic mass is 9.88. The number of aliphatic hydroxyl groups is 2. The third kappa shape index (κ3) is 8.61. The van der Waals surface area contributed by atoms with Crippen LogP contribution in [0.1, 0.15) is 42.7 Å². The molecule has 4 N–H and O–H groups in total. The van der Waals surface area contributed by atoms with Gasteiger partial charge >= 0.3 is 5.69 Å². The van der Waals surface area contributed by atoms with Crippen molar-refractivity contribution in [3.05, 3.63) is 118 Å². The lowest BCUT2D eigenvalue weighted by Gasteiger charge is -2.17. The Morgan fingerprint density at radius 1 is 1.00 bits per heavy atom. The van der Waals surface area contributed by atoms with E-state index in [0.29, 0.717) is 6.61 Å². The average Bonchev–Trinajstić information content (AvgIpc) is 3.41. The van der Waals surface area contributed by atoms with Crippen LogP contribution < -0.4 is 16.2 Å². The van der Waals surface area contributed by atoms with Crippen molar-refractivity contribution in [3.8, 4) is 5.75 Å². The van der Waals surface area contributed by atoms with Crippen LogP contribution in [-0.2, 0) is 4.74 Å². The van der Waals surface area contributed by atoms with E-state index in [1.165, 1.54) is 34.2 Å². The fraction of sp³-hybridized carbons (Fsp3) is 0.324. The Kier molecular flexibility index (Phi) is 11.8. The van der Waals surface area contributed by atoms with Crippen molar-refractivity contribution >= 4 is 17.1 Å². The minimum Gasteiger partial charge on any atom is -0.492 e. The molecule has 0 unspecified atom stereocenters. The molecule has 1 fully saturated rings. The molecule has 44 heavy (non-hydrogen) atoms. The number of aromatic nitrogens is 3. The molecule has 4 aromatic rings. The number of hydrogen-bond donors (Lipinski definition) is 3. The van der Waals surface area contributed by atoms with E-state index in [9.17, 15) is 9.90 Å². The van der Waals surface area contributed by atoms with Gasteiger partial charge in [0.05, 0.1) is 12.7 Å². The number of rotatable bonds is 10. The summed E-state index contributed by atoms with van der Waals surface area (Å²) in [5.41, 5.74) is 11.0. The van der Waals surface area contributed by atoms with E-state index in [1.54, 1.807) is 0 Å². The predicted molar refractivity (Wildman–Crippen MR) is 172 cm³/mol. The van der Waals surface area contributed by atoms with E-state index in [1.807, 2.05) is 0 Å². The Balaban J connectivity index is 0.000000233. The molecule has 5 rings (SSSR count). The molecular weight excluding hydrogens is 558 g/mol. The summed E-state index contributed by atoms with van der Waals surface area (Å²) < 4.78 is 12.3. The van der Waals surface area contributed by atoms with Gasteiger partial charge in [0.25, 0.3) is 0 Å². The zero-order valence-corrected chi connectivity index (χ0v) is 25.4. The molecule has 1 saturated heterocycles. The van der Waals surface area contributed by atoms with Crippen molar-refractivity contribution in [1.82, 2.24) is 19.4 Å². The second-order valence-corrected chi connectivity index (χ2v) is 10.6. The summed E-state index contributed by atoms with van der Waals surface area (Å²) in [6, 6.07) is 29.8. The van der Waals surface area contributed by atoms with Gasteiger partial charge in [0.1, 0.15) is 31.0 Å². The Morgan fingerprint density at radius 3 is 2.16 bits per heavy atom. The molecule has 0 radical (unpaired) electrons. The van der Waals surface area contributed by atoms with Crippen molar-refractivity contribution in [2.24, 2.45) is 0 Å². The smallest absolute Gasteiger partial charge is 0.354 e. The quantitative estimate of drug-likeness (QED) is 0.232. The monoisotopic (exact) mass is 599 g/mol. The highest BCUT2D eigenvalue weighted by atomic mass is 16.5. The van der Waals surface area contributed by atoms with Crippen molar-refractivity contribution in [1.29, 1.82) is 0 Å². The zero-order valence-electron chi connectivity index (χ0n) is 25.4. The van der Waals surface area contributed by atoms with Crippen LogP contribution in [0.5, 0.6) is 5.75 Å². The first kappa shape index (κ1) is 32.6. The van der Waals surface area contributed by atoms with Crippen LogP contribution in [0.3, 0.4) is 0 Å². The van der Waals surface area contributed by atoms with E-state index < -0.39 is 24.1 Å². The predicted octanol–water partition coefficient (Wildman–Crippen LogP) is 3.86. The zero-order chi connectivity index (χ0) is 31.5. The summed E-state index contributed by atoms with van der Waals surface area (Å²) in [4.78, 5) is 20.7. The maximum absolute atomic E-state index is 11.4. The van der Waals surface area contributed by atoms with Gasteiger partial charge in [-0.25, -0.2) is 9.78 Å². The third-order valence-corrected chi connectivity index (χ3v) is 7.23. The summed E-state index contributed by atoms with van der Waals surface area (Å²) in [7, 11) is 4.11. The standard InChI is InChI=1S/C26H29NO.C8H12N4O4/c1-4-25(21-11-7-5-8-12-21)26(22-13-9-6-10-14-22)23-15-17-24(18-16-23)28-20-19-27(2)3;9-7-10-3-12(8(15)11-7)6-1-4(14)5(2-13)16-6/h5-18H,4,19-20H2,1-3H3;3-6,13-14H,1-2H2,(H2,9,11,15)/b26-25-;/t;4-,5+,6+/m.0/s1. The molecule has 1 aliphatic heterocycles. The Hall–Kier alpha value is -4.35. The SMILES string of the molecule is CC/C(=C(\c1ccccc1)c1ccc(OCCN(C)C)cc1)c1ccccc1.Nc1ncn([C@H]2C[C@H](O)[C@@H](CO)O2)c(=O)n1. The molecular formula is C34H41N5O5. The van der Waals surface area contributed by atoms with Gasteiger partial charge in [0, 0.05) is 13.0 Å². The highest BCUT2D eigenvalue weighted by Gasteiger charge is 2.35. The third-order valence-electron chi connectivity index (χ3n) is 7.23. The van der Waals surface area contributed by atoms with E-state index in [-0.39, 0.29) is 19.0 Å². The summed E-state index contributed by atoms with van der Waals surface area (Å²) in [5.74, 6) is 0.800. The first-order valence-corrected chi connectivity index (χ1v) is 14.7. The summed E-state index contributed by atoms with van der Waals surface area (Å²) >= 11 is 0. The molecule has 1 aromatic heterocycles. The maximum atomic E-state index is 11.4. The molecule has 10 nitrogen and oxygen atoms in total. The van der Waals surface area contributed by atoms with Crippen LogP contribution >= 0.6 is 0 Å². The number of ether oxygens (including phenoxy) is 2. The van der Waals surface area contributed by atoms with Crippen molar-refractivity contribution in [2.45, 2.75) is 38.2 Å². The second kappa shape index (κ2) is 15.9. The first-order chi connectivity index (χ1) is 21.3. The minimum atomic E-state index is -0.806. The average molecular weight is 600 g/mol. The fourth-order valence-corrected chi connectivity index (χ4v) is 4.95. The van der Waals surface area contributed by atoms with Crippen molar-refractivity contribution in [2.75, 3.05) is 39.6 Å². The highest BCUT2D eigenvalue weighted by Crippen LogP contribution is 2.35. The molecule has 232 valence electrons. The molecule has 1 aliphatic rings. The Morgan fingerprint density at radius 2 is 1.61 bits per heavy atom. The van der Waals surface area contributed by atoms with Crippen LogP contribution in [-0.4, -0.2) is 75.7 Å². The maximum Gasteiger partial charge on any atom is 0.354 e. The van der Waals surface area contributed by atoms with Gasteiger partial charge in [-0.15, -0.1) is 0 Å². The summed E-state index contributed by atoms with van der Waals surface area (Å²) in [5, 5.41) is 18.4. The van der Waals surface area contributed by atoms with Crippen LogP contribution in [0.2, 0.25) is 0 Å². The topological polar surface area (TPSA) is 136 Å². The molecule has 3 aromatic carbocycles. The molecule has 3 atom stereocenters. The highest BCUT2D eigenvalue weighted by molar-refractivity contribution is 5.98. The van der Waals surface area contributed by atoms with Crippen molar-refractivity contribution in [3.63, 3.8) is 0 Å². The fourth-order valence-electron chi connectivity index (χ4n) is 4.95. The number of nitrogens with zero attached hydrogens (tertiary/aromatic N) is 4. The van der Waals surface area contributed by atoms with Gasteiger partial charge in [-0.05, 0) is 60.5 Å². The summed E-state index contributed by atoms with van der Waals surface area (Å²) in [6.07, 6.45) is 0.226. The van der Waals surface area contributed by atoms with E-state index >= 15 is 0 Å². The van der Waals surface area contributed by atoms with E-state index in [0.717, 1.165) is 23.3 Å². The lowest BCUT2D eigenvalue weighted by molar-refractivity contribution is -0.0462. The number of nitrogens with two attached hydrogens (primary N) is 1. The number of likely N-dealkylation sites (N-methyl/N-ethyl adjacent to an activating group) is 1. The number of allylic oxidation sites excluding steroid dienone is 1. The van der Waals surface area contributed by atoms with Crippen LogP contribution in [0.15, 0.2) is 96.1 Å². The Bertz CT molecular complexity index is 1540. The largest absolute Gasteiger partial charge is 0.492 e. The van der Waals surface area contributed by atoms with Crippen LogP contribution in [0, 0.1) is 0 Å². The van der Waals surface area contributed by atoms with Crippen LogP contribution in [0.25, 0.3) is 11.1 Å². The number of anilines is 1. The normalized spacial score (nSPS) is 18.4. The van der Waals surface area contributed by atoms with E-state index in [4.69, 9.17) is 20.3 Å². The van der Waals surface area contributed by atoms with Gasteiger partial charge in [0.2, 0.25) is 5.95 Å². The first-order valence-electron chi connectivity index (χ1n) is 14.7. The number of aliphatic hydroxyl groups excluding tert-OH is 2. The van der Waals surface area contributed by atoms with Gasteiger partial charge in [0.15, 0.2) is 0 Å². The molecule has 0 amide bonds. The number of hydrogen-bond acceptors (Lipinski definition) is 9. The van der Waals surface area contributed by atoms with Gasteiger partial charge < -0.3 is 30.3 Å². The number of nitrogen functional groups attached to an aromatic ring is 1. The van der Waals surface area contributed by atoms with Crippen molar-refractivity contribution < 1.29 is 19.7 Å². The molecule has 2 heterocycles. The molecule has 0 spiro atoms.